The Hall–Kier alpha value is -0.770. The van der Waals surface area contributed by atoms with Gasteiger partial charge in [0.25, 0.3) is 0 Å². The number of nitrogens with one attached hydrogen (secondary N) is 2. The fraction of sp³-hybridized carbons (Fsp3) is 0.533. The molecule has 1 aliphatic heterocycles. The van der Waals surface area contributed by atoms with Crippen LogP contribution in [0, 0.1) is 0 Å². The van der Waals surface area contributed by atoms with Gasteiger partial charge in [0.05, 0.1) is 6.04 Å². The molecule has 1 aromatic carbocycles. The van der Waals surface area contributed by atoms with Crippen molar-refractivity contribution in [1.29, 1.82) is 0 Å². The Kier molecular flexibility index (Phi) is 5.70. The van der Waals surface area contributed by atoms with E-state index in [1.807, 2.05) is 19.1 Å². The Morgan fingerprint density at radius 1 is 1.45 bits per heavy atom. The van der Waals surface area contributed by atoms with Crippen LogP contribution < -0.4 is 10.6 Å². The highest BCUT2D eigenvalue weighted by Gasteiger charge is 2.21. The second-order valence-electron chi connectivity index (χ2n) is 5.35. The molecule has 1 fully saturated rings. The fourth-order valence-corrected chi connectivity index (χ4v) is 2.97. The van der Waals surface area contributed by atoms with Crippen LogP contribution in [0.1, 0.15) is 31.7 Å². The molecule has 5 heteroatoms. The van der Waals surface area contributed by atoms with E-state index in [0.29, 0.717) is 16.5 Å². The average Bonchev–Trinajstić information content (AvgIpc) is 2.43. The lowest BCUT2D eigenvalue weighted by Gasteiger charge is -2.24. The molecule has 0 radical (unpaired) electrons. The zero-order chi connectivity index (χ0) is 14.5. The van der Waals surface area contributed by atoms with Gasteiger partial charge >= 0.3 is 0 Å². The smallest absolute Gasteiger partial charge is 0.237 e. The molecular formula is C15H20Cl2N2O. The second kappa shape index (κ2) is 7.30. The Bertz CT molecular complexity index is 473. The summed E-state index contributed by atoms with van der Waals surface area (Å²) in [5.41, 5.74) is 1.00. The molecule has 2 rings (SSSR count). The molecule has 0 aliphatic carbocycles. The lowest BCUT2D eigenvalue weighted by atomic mass is 10.0. The Morgan fingerprint density at radius 2 is 2.25 bits per heavy atom. The third kappa shape index (κ3) is 4.37. The molecule has 2 atom stereocenters. The number of rotatable bonds is 4. The van der Waals surface area contributed by atoms with Gasteiger partial charge in [-0.2, -0.15) is 0 Å². The third-order valence-electron chi connectivity index (χ3n) is 3.56. The largest absolute Gasteiger partial charge is 0.352 e. The van der Waals surface area contributed by atoms with Gasteiger partial charge in [0.1, 0.15) is 0 Å². The van der Waals surface area contributed by atoms with Crippen LogP contribution in [-0.2, 0) is 11.2 Å². The van der Waals surface area contributed by atoms with Crippen molar-refractivity contribution in [1.82, 2.24) is 10.6 Å². The van der Waals surface area contributed by atoms with E-state index < -0.39 is 0 Å². The first kappa shape index (κ1) is 15.6. The average molecular weight is 315 g/mol. The maximum absolute atomic E-state index is 12.1. The highest BCUT2D eigenvalue weighted by atomic mass is 35.5. The van der Waals surface area contributed by atoms with E-state index in [1.54, 1.807) is 6.07 Å². The van der Waals surface area contributed by atoms with Gasteiger partial charge in [-0.3, -0.25) is 4.79 Å². The SMILES string of the molecule is CC(Cc1ccc(Cl)cc1Cl)NC(=O)C1CCCCN1. The maximum Gasteiger partial charge on any atom is 0.237 e. The first-order valence-electron chi connectivity index (χ1n) is 7.04. The predicted molar refractivity (Wildman–Crippen MR) is 83.4 cm³/mol. The van der Waals surface area contributed by atoms with E-state index in [1.165, 1.54) is 0 Å². The van der Waals surface area contributed by atoms with Crippen LogP contribution in [0.15, 0.2) is 18.2 Å². The van der Waals surface area contributed by atoms with Crippen LogP contribution in [0.5, 0.6) is 0 Å². The predicted octanol–water partition coefficient (Wildman–Crippen LogP) is 3.18. The van der Waals surface area contributed by atoms with Gasteiger partial charge in [-0.15, -0.1) is 0 Å². The molecule has 3 nitrogen and oxygen atoms in total. The van der Waals surface area contributed by atoms with Gasteiger partial charge in [-0.05, 0) is 50.4 Å². The van der Waals surface area contributed by atoms with E-state index in [4.69, 9.17) is 23.2 Å². The summed E-state index contributed by atoms with van der Waals surface area (Å²) >= 11 is 12.0. The van der Waals surface area contributed by atoms with Gasteiger partial charge in [0.15, 0.2) is 0 Å². The summed E-state index contributed by atoms with van der Waals surface area (Å²) in [6, 6.07) is 5.46. The maximum atomic E-state index is 12.1. The lowest BCUT2D eigenvalue weighted by Crippen LogP contribution is -2.49. The minimum absolute atomic E-state index is 0.0462. The number of hydrogen-bond acceptors (Lipinski definition) is 2. The van der Waals surface area contributed by atoms with Crippen LogP contribution in [0.25, 0.3) is 0 Å². The Labute approximate surface area is 130 Å². The molecule has 1 aliphatic rings. The van der Waals surface area contributed by atoms with Crippen molar-refractivity contribution >= 4 is 29.1 Å². The van der Waals surface area contributed by atoms with Gasteiger partial charge in [-0.1, -0.05) is 35.7 Å². The van der Waals surface area contributed by atoms with Crippen molar-refractivity contribution in [3.8, 4) is 0 Å². The highest BCUT2D eigenvalue weighted by molar-refractivity contribution is 6.35. The van der Waals surface area contributed by atoms with Gasteiger partial charge in [0, 0.05) is 16.1 Å². The zero-order valence-electron chi connectivity index (χ0n) is 11.6. The molecule has 1 aromatic rings. The second-order valence-corrected chi connectivity index (χ2v) is 6.20. The summed E-state index contributed by atoms with van der Waals surface area (Å²) in [6.45, 7) is 2.92. The van der Waals surface area contributed by atoms with Crippen molar-refractivity contribution in [3.05, 3.63) is 33.8 Å². The van der Waals surface area contributed by atoms with Crippen molar-refractivity contribution in [3.63, 3.8) is 0 Å². The summed E-state index contributed by atoms with van der Waals surface area (Å²) < 4.78 is 0. The number of carbonyl (C=O) groups is 1. The van der Waals surface area contributed by atoms with E-state index in [9.17, 15) is 4.79 Å². The number of benzene rings is 1. The van der Waals surface area contributed by atoms with E-state index >= 15 is 0 Å². The van der Waals surface area contributed by atoms with Crippen LogP contribution in [-0.4, -0.2) is 24.5 Å². The quantitative estimate of drug-likeness (QED) is 0.896. The van der Waals surface area contributed by atoms with Gasteiger partial charge in [-0.25, -0.2) is 0 Å². The van der Waals surface area contributed by atoms with Crippen molar-refractivity contribution in [2.24, 2.45) is 0 Å². The highest BCUT2D eigenvalue weighted by Crippen LogP contribution is 2.22. The number of carbonyl (C=O) groups excluding carboxylic acids is 1. The molecule has 2 N–H and O–H groups in total. The van der Waals surface area contributed by atoms with Gasteiger partial charge in [0.2, 0.25) is 5.91 Å². The van der Waals surface area contributed by atoms with Crippen molar-refractivity contribution < 1.29 is 4.79 Å². The van der Waals surface area contributed by atoms with Crippen LogP contribution >= 0.6 is 23.2 Å². The monoisotopic (exact) mass is 314 g/mol. The topological polar surface area (TPSA) is 41.1 Å². The summed E-state index contributed by atoms with van der Waals surface area (Å²) in [5, 5.41) is 7.57. The number of piperidine rings is 1. The molecule has 0 aromatic heterocycles. The fourth-order valence-electron chi connectivity index (χ4n) is 2.49. The molecule has 0 bridgehead atoms. The summed E-state index contributed by atoms with van der Waals surface area (Å²) in [6.07, 6.45) is 3.89. The lowest BCUT2D eigenvalue weighted by molar-refractivity contribution is -0.124. The first-order chi connectivity index (χ1) is 9.56. The number of halogens is 2. The summed E-state index contributed by atoms with van der Waals surface area (Å²) in [5.74, 6) is 0.0854. The molecule has 1 saturated heterocycles. The third-order valence-corrected chi connectivity index (χ3v) is 4.14. The molecule has 2 unspecified atom stereocenters. The molecule has 0 spiro atoms. The number of amides is 1. The summed E-state index contributed by atoms with van der Waals surface area (Å²) in [4.78, 5) is 12.1. The minimum atomic E-state index is -0.0492. The van der Waals surface area contributed by atoms with Crippen LogP contribution in [0.3, 0.4) is 0 Å². The van der Waals surface area contributed by atoms with Crippen LogP contribution in [0.2, 0.25) is 10.0 Å². The van der Waals surface area contributed by atoms with Gasteiger partial charge < -0.3 is 10.6 Å². The van der Waals surface area contributed by atoms with E-state index in [0.717, 1.165) is 31.4 Å². The Morgan fingerprint density at radius 3 is 2.90 bits per heavy atom. The normalized spacial score (nSPS) is 20.4. The Balaban J connectivity index is 1.88. The number of hydrogen-bond donors (Lipinski definition) is 2. The van der Waals surface area contributed by atoms with Crippen molar-refractivity contribution in [2.75, 3.05) is 6.54 Å². The first-order valence-corrected chi connectivity index (χ1v) is 7.79. The molecule has 1 heterocycles. The summed E-state index contributed by atoms with van der Waals surface area (Å²) in [7, 11) is 0. The van der Waals surface area contributed by atoms with Crippen LogP contribution in [0.4, 0.5) is 0 Å². The molecule has 1 amide bonds. The zero-order valence-corrected chi connectivity index (χ0v) is 13.1. The van der Waals surface area contributed by atoms with Crippen molar-refractivity contribution in [2.45, 2.75) is 44.7 Å². The molecule has 20 heavy (non-hydrogen) atoms. The minimum Gasteiger partial charge on any atom is -0.352 e. The van der Waals surface area contributed by atoms with E-state index in [2.05, 4.69) is 10.6 Å². The van der Waals surface area contributed by atoms with E-state index in [-0.39, 0.29) is 18.0 Å². The molecular weight excluding hydrogens is 295 g/mol. The molecule has 0 saturated carbocycles. The molecule has 110 valence electrons. The standard InChI is InChI=1S/C15H20Cl2N2O/c1-10(8-11-5-6-12(16)9-13(11)17)19-15(20)14-4-2-3-7-18-14/h5-6,9-10,14,18H,2-4,7-8H2,1H3,(H,19,20).